The first-order chi connectivity index (χ1) is 6.70. The Morgan fingerprint density at radius 2 is 2.00 bits per heavy atom. The summed E-state index contributed by atoms with van der Waals surface area (Å²) in [5.74, 6) is -0.587. The summed E-state index contributed by atoms with van der Waals surface area (Å²) in [6, 6.07) is 0. The van der Waals surface area contributed by atoms with Gasteiger partial charge in [-0.1, -0.05) is 0 Å². The van der Waals surface area contributed by atoms with Crippen LogP contribution in [-0.2, 0) is 14.3 Å². The maximum atomic E-state index is 11.0. The number of nitrogens with two attached hydrogens (primary N) is 1. The van der Waals surface area contributed by atoms with E-state index >= 15 is 0 Å². The molecule has 14 heavy (non-hydrogen) atoms. The van der Waals surface area contributed by atoms with Crippen LogP contribution in [0.2, 0.25) is 0 Å². The van der Waals surface area contributed by atoms with Crippen LogP contribution in [0.15, 0.2) is 0 Å². The summed E-state index contributed by atoms with van der Waals surface area (Å²) in [4.78, 5) is 21.7. The molecule has 4 N–H and O–H groups in total. The zero-order valence-corrected chi connectivity index (χ0v) is 8.34. The summed E-state index contributed by atoms with van der Waals surface area (Å²) in [7, 11) is 0. The number of nitrogens with one attached hydrogen (secondary N) is 2. The Morgan fingerprint density at radius 3 is 2.57 bits per heavy atom. The molecule has 0 atom stereocenters. The van der Waals surface area contributed by atoms with Gasteiger partial charge < -0.3 is 21.1 Å². The lowest BCUT2D eigenvalue weighted by Crippen LogP contribution is -2.40. The molecule has 0 saturated heterocycles. The average molecular weight is 203 g/mol. The third-order valence-electron chi connectivity index (χ3n) is 1.40. The molecule has 0 heterocycles. The highest BCUT2D eigenvalue weighted by molar-refractivity contribution is 5.85. The highest BCUT2D eigenvalue weighted by Gasteiger charge is 2.02. The quantitative estimate of drug-likeness (QED) is 0.426. The summed E-state index contributed by atoms with van der Waals surface area (Å²) in [5, 5.41) is 4.93. The first-order valence-electron chi connectivity index (χ1n) is 4.52. The van der Waals surface area contributed by atoms with Crippen LogP contribution >= 0.6 is 0 Å². The van der Waals surface area contributed by atoms with Gasteiger partial charge in [-0.25, -0.2) is 0 Å². The Morgan fingerprint density at radius 1 is 1.29 bits per heavy atom. The molecule has 0 fully saturated rings. The molecule has 0 aliphatic carbocycles. The van der Waals surface area contributed by atoms with E-state index in [1.54, 1.807) is 0 Å². The Hall–Kier alpha value is -1.14. The van der Waals surface area contributed by atoms with E-state index < -0.39 is 0 Å². The van der Waals surface area contributed by atoms with E-state index in [-0.39, 0.29) is 24.9 Å². The van der Waals surface area contributed by atoms with Crippen molar-refractivity contribution in [3.05, 3.63) is 0 Å². The lowest BCUT2D eigenvalue weighted by molar-refractivity contribution is -0.125. The number of amides is 2. The maximum Gasteiger partial charge on any atom is 0.239 e. The van der Waals surface area contributed by atoms with Crippen molar-refractivity contribution in [3.8, 4) is 0 Å². The maximum absolute atomic E-state index is 11.0. The third-order valence-corrected chi connectivity index (χ3v) is 1.40. The van der Waals surface area contributed by atoms with Gasteiger partial charge in [0.2, 0.25) is 11.8 Å². The van der Waals surface area contributed by atoms with Gasteiger partial charge in [-0.2, -0.15) is 0 Å². The predicted octanol–water partition coefficient (Wildman–Crippen LogP) is -1.79. The summed E-state index contributed by atoms with van der Waals surface area (Å²) in [6.07, 6.45) is 0. The van der Waals surface area contributed by atoms with E-state index in [2.05, 4.69) is 10.6 Å². The first kappa shape index (κ1) is 12.9. The second-order valence-electron chi connectivity index (χ2n) is 2.53. The number of rotatable bonds is 7. The number of carbonyl (C=O) groups excluding carboxylic acids is 2. The van der Waals surface area contributed by atoms with Gasteiger partial charge in [-0.3, -0.25) is 9.59 Å². The number of hydrogen-bond donors (Lipinski definition) is 3. The van der Waals surface area contributed by atoms with Crippen molar-refractivity contribution < 1.29 is 14.3 Å². The minimum Gasteiger partial charge on any atom is -0.380 e. The summed E-state index contributed by atoms with van der Waals surface area (Å²) in [6.45, 7) is 3.29. The van der Waals surface area contributed by atoms with Gasteiger partial charge in [-0.05, 0) is 6.92 Å². The van der Waals surface area contributed by atoms with Gasteiger partial charge in [0.15, 0.2) is 0 Å². The van der Waals surface area contributed by atoms with Crippen LogP contribution < -0.4 is 16.4 Å². The van der Waals surface area contributed by atoms with E-state index in [9.17, 15) is 9.59 Å². The fourth-order valence-electron chi connectivity index (χ4n) is 0.720. The smallest absolute Gasteiger partial charge is 0.239 e. The largest absolute Gasteiger partial charge is 0.380 e. The van der Waals surface area contributed by atoms with Crippen molar-refractivity contribution >= 4 is 11.8 Å². The van der Waals surface area contributed by atoms with Crippen LogP contribution in [0.4, 0.5) is 0 Å². The van der Waals surface area contributed by atoms with E-state index in [0.717, 1.165) is 0 Å². The molecule has 0 aliphatic heterocycles. The Labute approximate surface area is 83.2 Å². The minimum absolute atomic E-state index is 0.0395. The molecule has 0 aromatic carbocycles. The fourth-order valence-corrected chi connectivity index (χ4v) is 0.720. The molecular formula is C8H17N3O3. The van der Waals surface area contributed by atoms with Gasteiger partial charge >= 0.3 is 0 Å². The first-order valence-corrected chi connectivity index (χ1v) is 4.52. The van der Waals surface area contributed by atoms with Crippen LogP contribution in [-0.4, -0.2) is 44.7 Å². The molecule has 6 nitrogen and oxygen atoms in total. The number of hydrogen-bond acceptors (Lipinski definition) is 4. The minimum atomic E-state index is -0.343. The molecule has 0 aliphatic rings. The Kier molecular flexibility index (Phi) is 7.77. The highest BCUT2D eigenvalue weighted by Crippen LogP contribution is 1.71. The van der Waals surface area contributed by atoms with E-state index in [0.29, 0.717) is 19.8 Å². The van der Waals surface area contributed by atoms with Crippen molar-refractivity contribution in [2.24, 2.45) is 5.73 Å². The van der Waals surface area contributed by atoms with Crippen molar-refractivity contribution in [3.63, 3.8) is 0 Å². The van der Waals surface area contributed by atoms with E-state index in [1.807, 2.05) is 6.92 Å². The molecule has 0 aromatic heterocycles. The molecule has 0 spiro atoms. The Balaban J connectivity index is 3.32. The van der Waals surface area contributed by atoms with Crippen molar-refractivity contribution in [2.75, 3.05) is 32.8 Å². The van der Waals surface area contributed by atoms with E-state index in [1.165, 1.54) is 0 Å². The molecule has 0 aromatic rings. The van der Waals surface area contributed by atoms with Crippen LogP contribution in [0.5, 0.6) is 0 Å². The molecule has 2 amide bonds. The highest BCUT2D eigenvalue weighted by atomic mass is 16.5. The van der Waals surface area contributed by atoms with Gasteiger partial charge in [0.05, 0.1) is 19.7 Å². The molecule has 0 rings (SSSR count). The molecule has 82 valence electrons. The lowest BCUT2D eigenvalue weighted by atomic mass is 10.5. The molecule has 0 unspecified atom stereocenters. The van der Waals surface area contributed by atoms with Crippen molar-refractivity contribution in [1.29, 1.82) is 0 Å². The van der Waals surface area contributed by atoms with Crippen molar-refractivity contribution in [1.82, 2.24) is 10.6 Å². The number of carbonyl (C=O) groups is 2. The molecule has 0 radical (unpaired) electrons. The molecule has 0 saturated carbocycles. The average Bonchev–Trinajstić information content (AvgIpc) is 2.21. The van der Waals surface area contributed by atoms with Gasteiger partial charge in [0.25, 0.3) is 0 Å². The SMILES string of the molecule is CCOCCNC(=O)CNC(=O)CN. The second-order valence-corrected chi connectivity index (χ2v) is 2.53. The van der Waals surface area contributed by atoms with Crippen LogP contribution in [0.25, 0.3) is 0 Å². The monoisotopic (exact) mass is 203 g/mol. The molecule has 6 heteroatoms. The molecular weight excluding hydrogens is 186 g/mol. The zero-order chi connectivity index (χ0) is 10.8. The molecule has 0 bridgehead atoms. The summed E-state index contributed by atoms with van der Waals surface area (Å²) >= 11 is 0. The predicted molar refractivity (Wildman–Crippen MR) is 51.6 cm³/mol. The van der Waals surface area contributed by atoms with Gasteiger partial charge in [0.1, 0.15) is 0 Å². The van der Waals surface area contributed by atoms with E-state index in [4.69, 9.17) is 10.5 Å². The van der Waals surface area contributed by atoms with Gasteiger partial charge in [0, 0.05) is 13.2 Å². The standard InChI is InChI=1S/C8H17N3O3/c1-2-14-4-3-10-8(13)6-11-7(12)5-9/h2-6,9H2,1H3,(H,10,13)(H,11,12). The third kappa shape index (κ3) is 7.51. The van der Waals surface area contributed by atoms with Gasteiger partial charge in [-0.15, -0.1) is 0 Å². The topological polar surface area (TPSA) is 93.5 Å². The van der Waals surface area contributed by atoms with Crippen molar-refractivity contribution in [2.45, 2.75) is 6.92 Å². The lowest BCUT2D eigenvalue weighted by Gasteiger charge is -2.05. The number of ether oxygens (including phenoxy) is 1. The van der Waals surface area contributed by atoms with Crippen LogP contribution in [0.1, 0.15) is 6.92 Å². The Bertz CT molecular complexity index is 185. The van der Waals surface area contributed by atoms with Crippen LogP contribution in [0, 0.1) is 0 Å². The fraction of sp³-hybridized carbons (Fsp3) is 0.750. The zero-order valence-electron chi connectivity index (χ0n) is 8.34. The second kappa shape index (κ2) is 8.46. The normalized spacial score (nSPS) is 9.57. The summed E-state index contributed by atoms with van der Waals surface area (Å²) in [5.41, 5.74) is 5.03. The summed E-state index contributed by atoms with van der Waals surface area (Å²) < 4.78 is 5.01. The van der Waals surface area contributed by atoms with Crippen LogP contribution in [0.3, 0.4) is 0 Å².